The van der Waals surface area contributed by atoms with Gasteiger partial charge in [-0.1, -0.05) is 0 Å². The van der Waals surface area contributed by atoms with Gasteiger partial charge in [0.2, 0.25) is 10.0 Å². The van der Waals surface area contributed by atoms with Gasteiger partial charge in [-0.2, -0.15) is 9.41 Å². The first-order valence-electron chi connectivity index (χ1n) is 7.97. The van der Waals surface area contributed by atoms with Gasteiger partial charge in [0.15, 0.2) is 5.11 Å². The van der Waals surface area contributed by atoms with Gasteiger partial charge in [0.05, 0.1) is 30.0 Å². The summed E-state index contributed by atoms with van der Waals surface area (Å²) in [5.41, 5.74) is 4.21. The SMILES string of the molecule is O=S(=O)(c1ccc(NC(=S)NN=Cc2ccc[nH]2)cc1)N1CCOCC1. The predicted octanol–water partition coefficient (Wildman–Crippen LogP) is 1.36. The number of morpholine rings is 1. The number of hydrogen-bond donors (Lipinski definition) is 3. The largest absolute Gasteiger partial charge is 0.379 e. The number of anilines is 1. The van der Waals surface area contributed by atoms with E-state index in [0.717, 1.165) is 5.69 Å². The van der Waals surface area contributed by atoms with Crippen molar-refractivity contribution in [1.29, 1.82) is 0 Å². The van der Waals surface area contributed by atoms with Gasteiger partial charge >= 0.3 is 0 Å². The van der Waals surface area contributed by atoms with Crippen molar-refractivity contribution in [2.45, 2.75) is 4.90 Å². The summed E-state index contributed by atoms with van der Waals surface area (Å²) >= 11 is 5.15. The number of H-pyrrole nitrogens is 1. The summed E-state index contributed by atoms with van der Waals surface area (Å²) < 4.78 is 31.8. The van der Waals surface area contributed by atoms with Crippen LogP contribution in [0.25, 0.3) is 0 Å². The summed E-state index contributed by atoms with van der Waals surface area (Å²) in [6.07, 6.45) is 3.40. The van der Waals surface area contributed by atoms with Gasteiger partial charge in [-0.15, -0.1) is 0 Å². The lowest BCUT2D eigenvalue weighted by molar-refractivity contribution is 0.0730. The topological polar surface area (TPSA) is 98.8 Å². The van der Waals surface area contributed by atoms with Crippen LogP contribution in [0.5, 0.6) is 0 Å². The molecule has 0 saturated carbocycles. The minimum atomic E-state index is -3.50. The molecule has 0 unspecified atom stereocenters. The van der Waals surface area contributed by atoms with Crippen molar-refractivity contribution in [3.05, 3.63) is 48.3 Å². The van der Waals surface area contributed by atoms with Gasteiger partial charge in [-0.25, -0.2) is 8.42 Å². The van der Waals surface area contributed by atoms with Crippen LogP contribution >= 0.6 is 12.2 Å². The molecule has 2 heterocycles. The second-order valence-electron chi connectivity index (χ2n) is 5.49. The minimum absolute atomic E-state index is 0.244. The molecule has 1 aliphatic heterocycles. The van der Waals surface area contributed by atoms with Crippen molar-refractivity contribution in [3.8, 4) is 0 Å². The van der Waals surface area contributed by atoms with Gasteiger partial charge in [-0.3, -0.25) is 5.43 Å². The lowest BCUT2D eigenvalue weighted by atomic mass is 10.3. The average Bonchev–Trinajstić information content (AvgIpc) is 3.16. The maximum absolute atomic E-state index is 12.6. The molecule has 1 fully saturated rings. The monoisotopic (exact) mass is 393 g/mol. The molecule has 0 bridgehead atoms. The number of aromatic nitrogens is 1. The van der Waals surface area contributed by atoms with Gasteiger partial charge < -0.3 is 15.0 Å². The Bertz CT molecular complexity index is 858. The Hall–Kier alpha value is -2.27. The van der Waals surface area contributed by atoms with E-state index in [9.17, 15) is 8.42 Å². The molecular formula is C16H19N5O3S2. The average molecular weight is 393 g/mol. The summed E-state index contributed by atoms with van der Waals surface area (Å²) in [7, 11) is -3.50. The van der Waals surface area contributed by atoms with Crippen LogP contribution in [0.4, 0.5) is 5.69 Å². The van der Waals surface area contributed by atoms with E-state index in [1.807, 2.05) is 12.1 Å². The van der Waals surface area contributed by atoms with Crippen LogP contribution in [0.3, 0.4) is 0 Å². The first-order valence-corrected chi connectivity index (χ1v) is 9.82. The van der Waals surface area contributed by atoms with Gasteiger partial charge in [-0.05, 0) is 48.6 Å². The summed E-state index contributed by atoms with van der Waals surface area (Å²) in [5, 5.41) is 7.25. The van der Waals surface area contributed by atoms with Crippen LogP contribution in [0.2, 0.25) is 0 Å². The number of ether oxygens (including phenoxy) is 1. The van der Waals surface area contributed by atoms with E-state index in [-0.39, 0.29) is 4.90 Å². The second kappa shape index (κ2) is 8.41. The van der Waals surface area contributed by atoms with E-state index in [4.69, 9.17) is 17.0 Å². The Morgan fingerprint density at radius 1 is 1.23 bits per heavy atom. The van der Waals surface area contributed by atoms with Crippen LogP contribution in [-0.4, -0.2) is 55.3 Å². The normalized spacial score (nSPS) is 15.8. The molecule has 1 aromatic heterocycles. The van der Waals surface area contributed by atoms with Crippen LogP contribution in [0.15, 0.2) is 52.6 Å². The second-order valence-corrected chi connectivity index (χ2v) is 7.84. The first-order chi connectivity index (χ1) is 12.6. The highest BCUT2D eigenvalue weighted by molar-refractivity contribution is 7.89. The maximum atomic E-state index is 12.6. The Morgan fingerprint density at radius 3 is 2.62 bits per heavy atom. The van der Waals surface area contributed by atoms with Crippen molar-refractivity contribution in [1.82, 2.24) is 14.7 Å². The molecule has 0 aliphatic carbocycles. The molecular weight excluding hydrogens is 374 g/mol. The van der Waals surface area contributed by atoms with Gasteiger partial charge in [0, 0.05) is 25.0 Å². The smallest absolute Gasteiger partial charge is 0.243 e. The lowest BCUT2D eigenvalue weighted by Gasteiger charge is -2.26. The first kappa shape index (κ1) is 18.5. The summed E-state index contributed by atoms with van der Waals surface area (Å²) in [4.78, 5) is 3.23. The molecule has 10 heteroatoms. The van der Waals surface area contributed by atoms with Crippen molar-refractivity contribution in [2.24, 2.45) is 5.10 Å². The van der Waals surface area contributed by atoms with Crippen LogP contribution < -0.4 is 10.7 Å². The highest BCUT2D eigenvalue weighted by Gasteiger charge is 2.26. The van der Waals surface area contributed by atoms with Crippen LogP contribution in [0, 0.1) is 0 Å². The molecule has 1 saturated heterocycles. The molecule has 1 aliphatic rings. The molecule has 0 atom stereocenters. The van der Waals surface area contributed by atoms with E-state index in [1.54, 1.807) is 36.7 Å². The fraction of sp³-hybridized carbons (Fsp3) is 0.250. The molecule has 1 aromatic carbocycles. The maximum Gasteiger partial charge on any atom is 0.243 e. The molecule has 8 nitrogen and oxygen atoms in total. The number of hydrogen-bond acceptors (Lipinski definition) is 5. The highest BCUT2D eigenvalue weighted by atomic mass is 32.2. The van der Waals surface area contributed by atoms with Crippen molar-refractivity contribution >= 4 is 39.3 Å². The predicted molar refractivity (Wildman–Crippen MR) is 104 cm³/mol. The van der Waals surface area contributed by atoms with Crippen LogP contribution in [0.1, 0.15) is 5.69 Å². The van der Waals surface area contributed by atoms with Crippen LogP contribution in [-0.2, 0) is 14.8 Å². The number of nitrogens with zero attached hydrogens (tertiary/aromatic N) is 2. The molecule has 26 heavy (non-hydrogen) atoms. The Balaban J connectivity index is 1.57. The third kappa shape index (κ3) is 4.67. The van der Waals surface area contributed by atoms with E-state index in [2.05, 4.69) is 20.8 Å². The van der Waals surface area contributed by atoms with Crippen molar-refractivity contribution < 1.29 is 13.2 Å². The van der Waals surface area contributed by atoms with E-state index in [1.165, 1.54) is 4.31 Å². The number of hydrazone groups is 1. The minimum Gasteiger partial charge on any atom is -0.379 e. The Morgan fingerprint density at radius 2 is 1.96 bits per heavy atom. The fourth-order valence-electron chi connectivity index (χ4n) is 2.39. The zero-order chi connectivity index (χ0) is 18.4. The van der Waals surface area contributed by atoms with E-state index >= 15 is 0 Å². The third-order valence-electron chi connectivity index (χ3n) is 3.71. The summed E-state index contributed by atoms with van der Waals surface area (Å²) in [6, 6.07) is 10.2. The molecule has 138 valence electrons. The zero-order valence-corrected chi connectivity index (χ0v) is 15.5. The lowest BCUT2D eigenvalue weighted by Crippen LogP contribution is -2.40. The number of aromatic amines is 1. The standard InChI is InChI=1S/C16H19N5O3S2/c22-26(23,21-8-10-24-11-9-21)15-5-3-13(4-6-15)19-16(25)20-18-12-14-2-1-7-17-14/h1-7,12,17H,8-11H2,(H2,19,20,25). The quantitative estimate of drug-likeness (QED) is 0.403. The number of nitrogens with one attached hydrogen (secondary N) is 3. The van der Waals surface area contributed by atoms with Gasteiger partial charge in [0.25, 0.3) is 0 Å². The van der Waals surface area contributed by atoms with Gasteiger partial charge in [0.1, 0.15) is 0 Å². The molecule has 0 spiro atoms. The van der Waals surface area contributed by atoms with Crippen molar-refractivity contribution in [2.75, 3.05) is 31.6 Å². The summed E-state index contributed by atoms with van der Waals surface area (Å²) in [5.74, 6) is 0. The number of sulfonamides is 1. The highest BCUT2D eigenvalue weighted by Crippen LogP contribution is 2.19. The third-order valence-corrected chi connectivity index (χ3v) is 5.82. The van der Waals surface area contributed by atoms with E-state index < -0.39 is 10.0 Å². The number of thiocarbonyl (C=S) groups is 1. The van der Waals surface area contributed by atoms with Crippen molar-refractivity contribution in [3.63, 3.8) is 0 Å². The molecule has 0 amide bonds. The summed E-state index contributed by atoms with van der Waals surface area (Å²) in [6.45, 7) is 1.58. The Kier molecular flexibility index (Phi) is 5.99. The molecule has 2 aromatic rings. The fourth-order valence-corrected chi connectivity index (χ4v) is 3.97. The zero-order valence-electron chi connectivity index (χ0n) is 13.9. The molecule has 0 radical (unpaired) electrons. The molecule has 3 N–H and O–H groups in total. The Labute approximate surface area is 157 Å². The molecule has 3 rings (SSSR count). The van der Waals surface area contributed by atoms with E-state index in [0.29, 0.717) is 37.1 Å². The number of benzene rings is 1. The number of rotatable bonds is 5.